The Bertz CT molecular complexity index is 1140. The molecule has 1 aliphatic carbocycles. The number of hydrogen-bond acceptors (Lipinski definition) is 6. The number of pyridine rings is 1. The summed E-state index contributed by atoms with van der Waals surface area (Å²) in [6, 6.07) is 9.18. The Balaban J connectivity index is 1.61. The lowest BCUT2D eigenvalue weighted by Crippen LogP contribution is -2.29. The van der Waals surface area contributed by atoms with Gasteiger partial charge in [0.15, 0.2) is 12.4 Å². The van der Waals surface area contributed by atoms with E-state index >= 15 is 0 Å². The molecule has 31 heavy (non-hydrogen) atoms. The third-order valence-corrected chi connectivity index (χ3v) is 5.92. The van der Waals surface area contributed by atoms with E-state index in [1.165, 1.54) is 0 Å². The van der Waals surface area contributed by atoms with Gasteiger partial charge in [0, 0.05) is 17.1 Å². The molecule has 0 spiro atoms. The Hall–Kier alpha value is -3.22. The lowest BCUT2D eigenvalue weighted by Gasteiger charge is -2.35. The largest absolute Gasteiger partial charge is 0.452 e. The van der Waals surface area contributed by atoms with E-state index in [1.54, 1.807) is 13.0 Å². The lowest BCUT2D eigenvalue weighted by atomic mass is 9.70. The van der Waals surface area contributed by atoms with Gasteiger partial charge < -0.3 is 14.6 Å². The van der Waals surface area contributed by atoms with Crippen molar-refractivity contribution in [3.8, 4) is 0 Å². The lowest BCUT2D eigenvalue weighted by molar-refractivity contribution is -0.119. The Morgan fingerprint density at radius 2 is 2.03 bits per heavy atom. The molecule has 7 nitrogen and oxygen atoms in total. The van der Waals surface area contributed by atoms with Crippen molar-refractivity contribution >= 4 is 28.6 Å². The van der Waals surface area contributed by atoms with E-state index in [1.807, 2.05) is 24.3 Å². The van der Waals surface area contributed by atoms with Gasteiger partial charge in [0.2, 0.25) is 0 Å². The quantitative estimate of drug-likeness (QED) is 0.624. The summed E-state index contributed by atoms with van der Waals surface area (Å²) < 4.78 is 10.4. The Morgan fingerprint density at radius 1 is 1.26 bits per heavy atom. The van der Waals surface area contributed by atoms with Gasteiger partial charge >= 0.3 is 5.97 Å². The second-order valence-electron chi connectivity index (χ2n) is 9.18. The molecule has 4 rings (SSSR count). The summed E-state index contributed by atoms with van der Waals surface area (Å²) >= 11 is 0. The minimum absolute atomic E-state index is 0.125. The molecule has 2 heterocycles. The van der Waals surface area contributed by atoms with Crippen LogP contribution in [-0.2, 0) is 22.4 Å². The number of hydrogen-bond donors (Lipinski definition) is 1. The summed E-state index contributed by atoms with van der Waals surface area (Å²) in [5.74, 6) is 0.333. The molecule has 0 bridgehead atoms. The van der Waals surface area contributed by atoms with Crippen molar-refractivity contribution in [2.45, 2.75) is 47.0 Å². The monoisotopic (exact) mass is 421 g/mol. The predicted octanol–water partition coefficient (Wildman–Crippen LogP) is 4.48. The van der Waals surface area contributed by atoms with Crippen LogP contribution in [0.15, 0.2) is 34.9 Å². The molecule has 0 fully saturated rings. The predicted molar refractivity (Wildman–Crippen MR) is 117 cm³/mol. The fourth-order valence-electron chi connectivity index (χ4n) is 4.17. The summed E-state index contributed by atoms with van der Waals surface area (Å²) in [5.41, 5.74) is 3.32. The van der Waals surface area contributed by atoms with Crippen molar-refractivity contribution in [3.63, 3.8) is 0 Å². The van der Waals surface area contributed by atoms with E-state index in [-0.39, 0.29) is 5.41 Å². The van der Waals surface area contributed by atoms with Crippen LogP contribution in [0, 0.1) is 18.3 Å². The van der Waals surface area contributed by atoms with Gasteiger partial charge in [0.25, 0.3) is 5.91 Å². The SMILES string of the molecule is Cc1cc(NC(=O)COC(=O)c2c3c(nc4ccccc24)CCC(C(C)(C)C)C3)no1. The van der Waals surface area contributed by atoms with Crippen LogP contribution < -0.4 is 5.32 Å². The summed E-state index contributed by atoms with van der Waals surface area (Å²) in [5, 5.41) is 7.04. The van der Waals surface area contributed by atoms with Gasteiger partial charge in [-0.05, 0) is 49.1 Å². The maximum absolute atomic E-state index is 13.2. The highest BCUT2D eigenvalue weighted by atomic mass is 16.5. The minimum Gasteiger partial charge on any atom is -0.452 e. The van der Waals surface area contributed by atoms with Gasteiger partial charge in [0.1, 0.15) is 5.76 Å². The molecule has 1 N–H and O–H groups in total. The molecule has 1 aromatic carbocycles. The number of benzene rings is 1. The van der Waals surface area contributed by atoms with Crippen LogP contribution in [0.3, 0.4) is 0 Å². The number of nitrogens with one attached hydrogen (secondary N) is 1. The Kier molecular flexibility index (Phi) is 5.52. The summed E-state index contributed by atoms with van der Waals surface area (Å²) in [7, 11) is 0. The summed E-state index contributed by atoms with van der Waals surface area (Å²) in [6.45, 7) is 8.01. The molecule has 1 amide bonds. The third-order valence-electron chi connectivity index (χ3n) is 5.92. The topological polar surface area (TPSA) is 94.3 Å². The number of carbonyl (C=O) groups is 2. The van der Waals surface area contributed by atoms with Crippen LogP contribution in [0.5, 0.6) is 0 Å². The van der Waals surface area contributed by atoms with E-state index < -0.39 is 18.5 Å². The van der Waals surface area contributed by atoms with Gasteiger partial charge in [-0.25, -0.2) is 4.79 Å². The van der Waals surface area contributed by atoms with Crippen LogP contribution >= 0.6 is 0 Å². The highest BCUT2D eigenvalue weighted by Crippen LogP contribution is 2.39. The zero-order valence-electron chi connectivity index (χ0n) is 18.3. The maximum Gasteiger partial charge on any atom is 0.339 e. The number of fused-ring (bicyclic) bond motifs is 2. The second-order valence-corrected chi connectivity index (χ2v) is 9.18. The van der Waals surface area contributed by atoms with Crippen LogP contribution in [0.4, 0.5) is 5.82 Å². The molecule has 3 aromatic rings. The zero-order valence-corrected chi connectivity index (χ0v) is 18.3. The average Bonchev–Trinajstić information content (AvgIpc) is 3.13. The number of carbonyl (C=O) groups excluding carboxylic acids is 2. The van der Waals surface area contributed by atoms with Crippen molar-refractivity contribution in [1.29, 1.82) is 0 Å². The molecule has 0 saturated heterocycles. The van der Waals surface area contributed by atoms with Gasteiger partial charge in [-0.3, -0.25) is 9.78 Å². The smallest absolute Gasteiger partial charge is 0.339 e. The first kappa shape index (κ1) is 21.0. The fraction of sp³-hybridized carbons (Fsp3) is 0.417. The van der Waals surface area contributed by atoms with E-state index in [4.69, 9.17) is 14.2 Å². The van der Waals surface area contributed by atoms with Crippen molar-refractivity contribution in [2.75, 3.05) is 11.9 Å². The number of nitrogens with zero attached hydrogens (tertiary/aromatic N) is 2. The number of aryl methyl sites for hydroxylation is 2. The van der Waals surface area contributed by atoms with E-state index in [0.29, 0.717) is 23.1 Å². The highest BCUT2D eigenvalue weighted by molar-refractivity contribution is 6.06. The normalized spacial score (nSPS) is 16.1. The molecular formula is C24H27N3O4. The van der Waals surface area contributed by atoms with E-state index in [9.17, 15) is 9.59 Å². The number of esters is 1. The second kappa shape index (κ2) is 8.13. The molecule has 7 heteroatoms. The number of ether oxygens (including phenoxy) is 1. The molecule has 1 aliphatic rings. The molecule has 1 atom stereocenters. The van der Waals surface area contributed by atoms with E-state index in [2.05, 4.69) is 31.2 Å². The van der Waals surface area contributed by atoms with Crippen molar-refractivity contribution in [2.24, 2.45) is 11.3 Å². The number of aromatic nitrogens is 2. The number of para-hydroxylation sites is 1. The van der Waals surface area contributed by atoms with Gasteiger partial charge in [0.05, 0.1) is 11.1 Å². The van der Waals surface area contributed by atoms with Crippen molar-refractivity contribution in [1.82, 2.24) is 10.1 Å². The Labute approximate surface area is 181 Å². The molecule has 1 unspecified atom stereocenters. The van der Waals surface area contributed by atoms with Crippen molar-refractivity contribution < 1.29 is 18.8 Å². The van der Waals surface area contributed by atoms with Gasteiger partial charge in [-0.1, -0.05) is 44.1 Å². The van der Waals surface area contributed by atoms with Crippen molar-refractivity contribution in [3.05, 3.63) is 52.9 Å². The Morgan fingerprint density at radius 3 is 2.74 bits per heavy atom. The number of rotatable bonds is 4. The zero-order chi connectivity index (χ0) is 22.2. The first-order valence-corrected chi connectivity index (χ1v) is 10.5. The molecule has 0 aliphatic heterocycles. The van der Waals surface area contributed by atoms with Crippen LogP contribution in [0.2, 0.25) is 0 Å². The van der Waals surface area contributed by atoms with Gasteiger partial charge in [-0.2, -0.15) is 0 Å². The fourth-order valence-corrected chi connectivity index (χ4v) is 4.17. The molecule has 0 saturated carbocycles. The van der Waals surface area contributed by atoms with Crippen LogP contribution in [0.25, 0.3) is 10.9 Å². The minimum atomic E-state index is -0.504. The highest BCUT2D eigenvalue weighted by Gasteiger charge is 2.33. The summed E-state index contributed by atoms with van der Waals surface area (Å²) in [4.78, 5) is 30.2. The summed E-state index contributed by atoms with van der Waals surface area (Å²) in [6.07, 6.45) is 2.63. The third kappa shape index (κ3) is 4.45. The molecular weight excluding hydrogens is 394 g/mol. The molecule has 162 valence electrons. The van der Waals surface area contributed by atoms with Crippen LogP contribution in [-0.4, -0.2) is 28.6 Å². The van der Waals surface area contributed by atoms with Crippen LogP contribution in [0.1, 0.15) is 54.6 Å². The average molecular weight is 421 g/mol. The first-order valence-electron chi connectivity index (χ1n) is 10.5. The maximum atomic E-state index is 13.2. The van der Waals surface area contributed by atoms with E-state index in [0.717, 1.165) is 41.4 Å². The number of amides is 1. The number of anilines is 1. The standard InChI is InChI=1S/C24H27N3O4/c1-14-11-20(27-31-14)26-21(28)13-30-23(29)22-16-7-5-6-8-18(16)25-19-10-9-15(12-17(19)22)24(2,3)4/h5-8,11,15H,9-10,12-13H2,1-4H3,(H,26,27,28). The molecule has 0 radical (unpaired) electrons. The van der Waals surface area contributed by atoms with Gasteiger partial charge in [-0.15, -0.1) is 0 Å². The molecule has 2 aromatic heterocycles. The first-order chi connectivity index (χ1) is 14.7.